The van der Waals surface area contributed by atoms with Gasteiger partial charge in [0, 0.05) is 25.2 Å². The first kappa shape index (κ1) is 16.0. The first-order valence-corrected chi connectivity index (χ1v) is 7.78. The number of hydrogen-bond donors (Lipinski definition) is 2. The van der Waals surface area contributed by atoms with Crippen LogP contribution in [0.4, 0.5) is 0 Å². The number of nitrogens with one attached hydrogen (secondary N) is 1. The number of hydrogen-bond acceptors (Lipinski definition) is 3. The molecule has 3 atom stereocenters. The Morgan fingerprint density at radius 3 is 2.48 bits per heavy atom. The first-order chi connectivity index (χ1) is 10.1. The van der Waals surface area contributed by atoms with E-state index >= 15 is 0 Å². The fraction of sp³-hybridized carbons (Fsp3) is 0.588. The molecule has 0 radical (unpaired) electrons. The fourth-order valence-corrected chi connectivity index (χ4v) is 2.78. The lowest BCUT2D eigenvalue weighted by atomic mass is 9.90. The molecule has 0 saturated carbocycles. The maximum Gasteiger partial charge on any atom is 0.237 e. The van der Waals surface area contributed by atoms with Gasteiger partial charge in [-0.1, -0.05) is 37.3 Å². The van der Waals surface area contributed by atoms with Gasteiger partial charge in [-0.25, -0.2) is 0 Å². The lowest BCUT2D eigenvalue weighted by Gasteiger charge is -2.29. The zero-order valence-corrected chi connectivity index (χ0v) is 12.9. The van der Waals surface area contributed by atoms with Gasteiger partial charge in [0.1, 0.15) is 0 Å². The smallest absolute Gasteiger partial charge is 0.237 e. The third kappa shape index (κ3) is 4.29. The molecular weight excluding hydrogens is 264 g/mol. The van der Waals surface area contributed by atoms with Crippen LogP contribution < -0.4 is 11.1 Å². The summed E-state index contributed by atoms with van der Waals surface area (Å²) in [4.78, 5) is 12.3. The molecule has 3 unspecified atom stereocenters. The van der Waals surface area contributed by atoms with Crippen molar-refractivity contribution in [1.82, 2.24) is 5.32 Å². The minimum atomic E-state index is -0.431. The molecule has 1 heterocycles. The van der Waals surface area contributed by atoms with E-state index in [-0.39, 0.29) is 23.8 Å². The molecule has 3 N–H and O–H groups in total. The Labute approximate surface area is 127 Å². The van der Waals surface area contributed by atoms with E-state index < -0.39 is 6.04 Å². The number of carbonyl (C=O) groups excluding carboxylic acids is 1. The Morgan fingerprint density at radius 1 is 1.24 bits per heavy atom. The quantitative estimate of drug-likeness (QED) is 0.872. The second-order valence-electron chi connectivity index (χ2n) is 5.97. The highest BCUT2D eigenvalue weighted by Crippen LogP contribution is 2.20. The van der Waals surface area contributed by atoms with Gasteiger partial charge in [0.25, 0.3) is 0 Å². The van der Waals surface area contributed by atoms with Crippen molar-refractivity contribution >= 4 is 5.91 Å². The van der Waals surface area contributed by atoms with Crippen LogP contribution in [-0.4, -0.2) is 31.2 Å². The summed E-state index contributed by atoms with van der Waals surface area (Å²) >= 11 is 0. The number of rotatable bonds is 5. The molecule has 1 saturated heterocycles. The van der Waals surface area contributed by atoms with Crippen molar-refractivity contribution in [3.8, 4) is 0 Å². The van der Waals surface area contributed by atoms with Gasteiger partial charge in [-0.15, -0.1) is 0 Å². The largest absolute Gasteiger partial charge is 0.381 e. The Kier molecular flexibility index (Phi) is 5.76. The second kappa shape index (κ2) is 7.57. The average Bonchev–Trinajstić information content (AvgIpc) is 2.55. The molecule has 21 heavy (non-hydrogen) atoms. The van der Waals surface area contributed by atoms with Gasteiger partial charge < -0.3 is 15.8 Å². The summed E-state index contributed by atoms with van der Waals surface area (Å²) in [6.07, 6.45) is 1.74. The number of nitrogens with two attached hydrogens (primary N) is 1. The maximum atomic E-state index is 12.3. The van der Waals surface area contributed by atoms with E-state index in [0.29, 0.717) is 13.2 Å². The molecule has 1 aromatic rings. The molecule has 0 aromatic heterocycles. The van der Waals surface area contributed by atoms with Crippen molar-refractivity contribution in [3.05, 3.63) is 35.9 Å². The number of ether oxygens (including phenoxy) is 1. The topological polar surface area (TPSA) is 64.4 Å². The zero-order chi connectivity index (χ0) is 15.2. The Morgan fingerprint density at radius 2 is 1.86 bits per heavy atom. The van der Waals surface area contributed by atoms with Gasteiger partial charge in [-0.05, 0) is 31.2 Å². The number of amides is 1. The van der Waals surface area contributed by atoms with Crippen molar-refractivity contribution < 1.29 is 9.53 Å². The fourth-order valence-electron chi connectivity index (χ4n) is 2.78. The third-order valence-corrected chi connectivity index (χ3v) is 4.52. The summed E-state index contributed by atoms with van der Waals surface area (Å²) in [7, 11) is 0. The van der Waals surface area contributed by atoms with Crippen LogP contribution in [0, 0.1) is 5.92 Å². The van der Waals surface area contributed by atoms with E-state index in [1.807, 2.05) is 25.1 Å². The summed E-state index contributed by atoms with van der Waals surface area (Å²) in [5.41, 5.74) is 7.34. The van der Waals surface area contributed by atoms with E-state index in [4.69, 9.17) is 10.5 Å². The normalized spacial score (nSPS) is 20.5. The lowest BCUT2D eigenvalue weighted by molar-refractivity contribution is -0.125. The van der Waals surface area contributed by atoms with Crippen LogP contribution in [0.2, 0.25) is 0 Å². The van der Waals surface area contributed by atoms with E-state index in [9.17, 15) is 4.79 Å². The molecule has 1 aliphatic heterocycles. The van der Waals surface area contributed by atoms with Crippen LogP contribution in [0.3, 0.4) is 0 Å². The molecule has 1 fully saturated rings. The summed E-state index contributed by atoms with van der Waals surface area (Å²) in [5, 5.41) is 3.07. The summed E-state index contributed by atoms with van der Waals surface area (Å²) in [5.74, 6) is 0.451. The number of carbonyl (C=O) groups is 1. The van der Waals surface area contributed by atoms with Crippen LogP contribution in [0.5, 0.6) is 0 Å². The molecule has 4 heteroatoms. The minimum Gasteiger partial charge on any atom is -0.381 e. The van der Waals surface area contributed by atoms with Gasteiger partial charge in [-0.2, -0.15) is 0 Å². The van der Waals surface area contributed by atoms with E-state index in [1.165, 1.54) is 5.56 Å². The molecule has 1 aromatic carbocycles. The highest BCUT2D eigenvalue weighted by Gasteiger charge is 2.28. The molecule has 2 rings (SSSR count). The van der Waals surface area contributed by atoms with Crippen LogP contribution >= 0.6 is 0 Å². The van der Waals surface area contributed by atoms with Gasteiger partial charge >= 0.3 is 0 Å². The Hall–Kier alpha value is -1.39. The molecular formula is C17H26N2O2. The van der Waals surface area contributed by atoms with Crippen molar-refractivity contribution in [2.24, 2.45) is 11.7 Å². The summed E-state index contributed by atoms with van der Waals surface area (Å²) in [6.45, 7) is 5.58. The van der Waals surface area contributed by atoms with Gasteiger partial charge in [-0.3, -0.25) is 4.79 Å². The standard InChI is InChI=1S/C17H26N2O2/c1-12(14-6-4-3-5-7-14)13(2)19-17(20)16(18)15-8-10-21-11-9-15/h3-7,12-13,15-16H,8-11,18H2,1-2H3,(H,19,20). The molecule has 4 nitrogen and oxygen atoms in total. The van der Waals surface area contributed by atoms with Crippen molar-refractivity contribution in [2.45, 2.75) is 44.7 Å². The van der Waals surface area contributed by atoms with Crippen molar-refractivity contribution in [3.63, 3.8) is 0 Å². The zero-order valence-electron chi connectivity index (χ0n) is 12.9. The van der Waals surface area contributed by atoms with Gasteiger partial charge in [0.2, 0.25) is 5.91 Å². The molecule has 0 aliphatic carbocycles. The van der Waals surface area contributed by atoms with Crippen molar-refractivity contribution in [2.75, 3.05) is 13.2 Å². The summed E-state index contributed by atoms with van der Waals surface area (Å²) in [6, 6.07) is 9.85. The lowest BCUT2D eigenvalue weighted by Crippen LogP contribution is -2.50. The van der Waals surface area contributed by atoms with Crippen LogP contribution in [0.15, 0.2) is 30.3 Å². The Balaban J connectivity index is 1.89. The SMILES string of the molecule is CC(NC(=O)C(N)C1CCOCC1)C(C)c1ccccc1. The van der Waals surface area contributed by atoms with E-state index in [0.717, 1.165) is 12.8 Å². The third-order valence-electron chi connectivity index (χ3n) is 4.52. The van der Waals surface area contributed by atoms with E-state index in [1.54, 1.807) is 0 Å². The monoisotopic (exact) mass is 290 g/mol. The Bertz CT molecular complexity index is 443. The molecule has 116 valence electrons. The predicted octanol–water partition coefficient (Wildman–Crippen LogP) is 2.05. The highest BCUT2D eigenvalue weighted by atomic mass is 16.5. The molecule has 0 bridgehead atoms. The number of benzene rings is 1. The second-order valence-corrected chi connectivity index (χ2v) is 5.97. The van der Waals surface area contributed by atoms with Gasteiger partial charge in [0.05, 0.1) is 6.04 Å². The summed E-state index contributed by atoms with van der Waals surface area (Å²) < 4.78 is 5.32. The molecule has 0 spiro atoms. The minimum absolute atomic E-state index is 0.0443. The predicted molar refractivity (Wildman–Crippen MR) is 84.0 cm³/mol. The maximum absolute atomic E-state index is 12.3. The van der Waals surface area contributed by atoms with Crippen LogP contribution in [0.25, 0.3) is 0 Å². The first-order valence-electron chi connectivity index (χ1n) is 7.78. The van der Waals surface area contributed by atoms with Crippen LogP contribution in [0.1, 0.15) is 38.2 Å². The van der Waals surface area contributed by atoms with E-state index in [2.05, 4.69) is 24.4 Å². The molecule has 1 aliphatic rings. The molecule has 1 amide bonds. The van der Waals surface area contributed by atoms with Crippen molar-refractivity contribution in [1.29, 1.82) is 0 Å². The van der Waals surface area contributed by atoms with Gasteiger partial charge in [0.15, 0.2) is 0 Å². The van der Waals surface area contributed by atoms with Crippen LogP contribution in [-0.2, 0) is 9.53 Å². The average molecular weight is 290 g/mol. The highest BCUT2D eigenvalue weighted by molar-refractivity contribution is 5.82.